The highest BCUT2D eigenvalue weighted by molar-refractivity contribution is 5.41. The molecule has 17 heavy (non-hydrogen) atoms. The van der Waals surface area contributed by atoms with Crippen molar-refractivity contribution in [3.63, 3.8) is 0 Å². The summed E-state index contributed by atoms with van der Waals surface area (Å²) in [6.07, 6.45) is 0. The van der Waals surface area contributed by atoms with Gasteiger partial charge in [-0.3, -0.25) is 0 Å². The molecule has 1 rings (SSSR count). The average molecular weight is 235 g/mol. The van der Waals surface area contributed by atoms with Gasteiger partial charge in [0.25, 0.3) is 0 Å². The Balaban J connectivity index is 2.28. The normalized spacial score (nSPS) is 9.94. The van der Waals surface area contributed by atoms with Crippen molar-refractivity contribution in [3.05, 3.63) is 29.3 Å². The van der Waals surface area contributed by atoms with Gasteiger partial charge < -0.3 is 14.2 Å². The van der Waals surface area contributed by atoms with Crippen LogP contribution in [0.5, 0.6) is 5.75 Å². The first-order valence-corrected chi connectivity index (χ1v) is 5.48. The summed E-state index contributed by atoms with van der Waals surface area (Å²) in [5.74, 6) is 0.761. The minimum Gasteiger partial charge on any atom is -0.491 e. The summed E-state index contributed by atoms with van der Waals surface area (Å²) in [7, 11) is 1.64. The number of ether oxygens (including phenoxy) is 3. The fourth-order valence-corrected chi connectivity index (χ4v) is 1.31. The van der Waals surface area contributed by atoms with E-state index in [-0.39, 0.29) is 0 Å². The van der Waals surface area contributed by atoms with Gasteiger partial charge in [0.05, 0.1) is 31.5 Å². The van der Waals surface area contributed by atoms with E-state index in [1.165, 1.54) is 0 Å². The maximum absolute atomic E-state index is 8.78. The van der Waals surface area contributed by atoms with Gasteiger partial charge in [0.1, 0.15) is 12.4 Å². The summed E-state index contributed by atoms with van der Waals surface area (Å²) in [6, 6.07) is 7.53. The smallest absolute Gasteiger partial charge is 0.119 e. The Hall–Kier alpha value is -1.57. The van der Waals surface area contributed by atoms with E-state index in [9.17, 15) is 0 Å². The molecule has 0 saturated carbocycles. The Bertz CT molecular complexity index is 385. The van der Waals surface area contributed by atoms with Crippen molar-refractivity contribution >= 4 is 0 Å². The van der Waals surface area contributed by atoms with Crippen LogP contribution in [0.3, 0.4) is 0 Å². The number of rotatable bonds is 7. The molecule has 0 spiro atoms. The molecular weight excluding hydrogens is 218 g/mol. The Morgan fingerprint density at radius 2 is 1.94 bits per heavy atom. The molecule has 0 bridgehead atoms. The predicted octanol–water partition coefficient (Wildman–Crippen LogP) is 1.91. The lowest BCUT2D eigenvalue weighted by Gasteiger charge is -2.08. The molecule has 0 aliphatic heterocycles. The molecule has 0 fully saturated rings. The number of nitrogens with zero attached hydrogens (tertiary/aromatic N) is 1. The second-order valence-electron chi connectivity index (χ2n) is 3.54. The van der Waals surface area contributed by atoms with Gasteiger partial charge in [-0.05, 0) is 30.7 Å². The second-order valence-corrected chi connectivity index (χ2v) is 3.54. The van der Waals surface area contributed by atoms with Crippen LogP contribution in [0, 0.1) is 18.3 Å². The summed E-state index contributed by atoms with van der Waals surface area (Å²) < 4.78 is 15.6. The molecule has 0 aliphatic carbocycles. The van der Waals surface area contributed by atoms with Crippen LogP contribution in [-0.2, 0) is 9.47 Å². The van der Waals surface area contributed by atoms with Crippen molar-refractivity contribution in [1.29, 1.82) is 5.26 Å². The van der Waals surface area contributed by atoms with Crippen LogP contribution in [0.4, 0.5) is 0 Å². The molecule has 0 aliphatic rings. The van der Waals surface area contributed by atoms with Crippen LogP contribution in [0.25, 0.3) is 0 Å². The van der Waals surface area contributed by atoms with Crippen molar-refractivity contribution in [2.24, 2.45) is 0 Å². The molecule has 0 saturated heterocycles. The quantitative estimate of drug-likeness (QED) is 0.677. The predicted molar refractivity (Wildman–Crippen MR) is 64.1 cm³/mol. The lowest BCUT2D eigenvalue weighted by molar-refractivity contribution is 0.0544. The molecule has 0 N–H and O–H groups in total. The summed E-state index contributed by atoms with van der Waals surface area (Å²) in [5.41, 5.74) is 1.60. The second kappa shape index (κ2) is 7.66. The molecule has 92 valence electrons. The third-order valence-corrected chi connectivity index (χ3v) is 2.25. The zero-order valence-corrected chi connectivity index (χ0v) is 10.2. The highest BCUT2D eigenvalue weighted by atomic mass is 16.5. The first kappa shape index (κ1) is 13.5. The highest BCUT2D eigenvalue weighted by Gasteiger charge is 1.99. The Kier molecular flexibility index (Phi) is 6.08. The van der Waals surface area contributed by atoms with Gasteiger partial charge in [0.2, 0.25) is 0 Å². The fourth-order valence-electron chi connectivity index (χ4n) is 1.31. The van der Waals surface area contributed by atoms with Crippen LogP contribution >= 0.6 is 0 Å². The number of hydrogen-bond acceptors (Lipinski definition) is 4. The van der Waals surface area contributed by atoms with Crippen LogP contribution in [0.15, 0.2) is 18.2 Å². The molecule has 1 aromatic rings. The van der Waals surface area contributed by atoms with Crippen molar-refractivity contribution in [2.45, 2.75) is 6.92 Å². The Labute approximate surface area is 102 Å². The third-order valence-electron chi connectivity index (χ3n) is 2.25. The molecule has 0 radical (unpaired) electrons. The lowest BCUT2D eigenvalue weighted by Crippen LogP contribution is -2.10. The molecule has 0 aromatic heterocycles. The van der Waals surface area contributed by atoms with Crippen molar-refractivity contribution in [1.82, 2.24) is 0 Å². The molecule has 4 heteroatoms. The largest absolute Gasteiger partial charge is 0.491 e. The molecule has 0 atom stereocenters. The zero-order valence-electron chi connectivity index (χ0n) is 10.2. The molecule has 0 amide bonds. The van der Waals surface area contributed by atoms with Gasteiger partial charge in [0, 0.05) is 7.11 Å². The number of nitriles is 1. The van der Waals surface area contributed by atoms with Gasteiger partial charge >= 0.3 is 0 Å². The maximum Gasteiger partial charge on any atom is 0.119 e. The summed E-state index contributed by atoms with van der Waals surface area (Å²) in [6.45, 7) is 4.08. The van der Waals surface area contributed by atoms with E-state index in [1.54, 1.807) is 19.2 Å². The van der Waals surface area contributed by atoms with E-state index in [0.717, 1.165) is 11.3 Å². The minimum atomic E-state index is 0.495. The van der Waals surface area contributed by atoms with E-state index < -0.39 is 0 Å². The number of hydrogen-bond donors (Lipinski definition) is 0. The average Bonchev–Trinajstić information content (AvgIpc) is 2.34. The van der Waals surface area contributed by atoms with E-state index in [2.05, 4.69) is 6.07 Å². The van der Waals surface area contributed by atoms with Crippen molar-refractivity contribution in [2.75, 3.05) is 33.5 Å². The van der Waals surface area contributed by atoms with E-state index in [4.69, 9.17) is 19.5 Å². The highest BCUT2D eigenvalue weighted by Crippen LogP contribution is 2.16. The van der Waals surface area contributed by atoms with Crippen LogP contribution in [0.1, 0.15) is 11.1 Å². The summed E-state index contributed by atoms with van der Waals surface area (Å²) in [5, 5.41) is 8.78. The molecule has 4 nitrogen and oxygen atoms in total. The maximum atomic E-state index is 8.78. The summed E-state index contributed by atoms with van der Waals surface area (Å²) >= 11 is 0. The van der Waals surface area contributed by atoms with Gasteiger partial charge in [0.15, 0.2) is 0 Å². The third kappa shape index (κ3) is 4.85. The monoisotopic (exact) mass is 235 g/mol. The zero-order chi connectivity index (χ0) is 12.5. The van der Waals surface area contributed by atoms with Crippen LogP contribution < -0.4 is 4.74 Å². The SMILES string of the molecule is COCCOCCOc1ccc(C#N)c(C)c1. The van der Waals surface area contributed by atoms with Gasteiger partial charge in [-0.25, -0.2) is 0 Å². The molecule has 0 unspecified atom stereocenters. The first-order valence-electron chi connectivity index (χ1n) is 5.48. The first-order chi connectivity index (χ1) is 8.27. The van der Waals surface area contributed by atoms with E-state index >= 15 is 0 Å². The van der Waals surface area contributed by atoms with Gasteiger partial charge in [-0.1, -0.05) is 0 Å². The van der Waals surface area contributed by atoms with Crippen molar-refractivity contribution < 1.29 is 14.2 Å². The Morgan fingerprint density at radius 1 is 1.18 bits per heavy atom. The van der Waals surface area contributed by atoms with Gasteiger partial charge in [-0.2, -0.15) is 5.26 Å². The Morgan fingerprint density at radius 3 is 2.59 bits per heavy atom. The standard InChI is InChI=1S/C13H17NO3/c1-11-9-13(4-3-12(11)10-14)17-8-7-16-6-5-15-2/h3-4,9H,5-8H2,1-2H3. The molecular formula is C13H17NO3. The number of benzene rings is 1. The van der Waals surface area contributed by atoms with Crippen LogP contribution in [0.2, 0.25) is 0 Å². The van der Waals surface area contributed by atoms with Gasteiger partial charge in [-0.15, -0.1) is 0 Å². The molecule has 0 heterocycles. The molecule has 1 aromatic carbocycles. The van der Waals surface area contributed by atoms with E-state index in [0.29, 0.717) is 32.0 Å². The number of aryl methyl sites for hydroxylation is 1. The topological polar surface area (TPSA) is 51.5 Å². The fraction of sp³-hybridized carbons (Fsp3) is 0.462. The van der Waals surface area contributed by atoms with Crippen LogP contribution in [-0.4, -0.2) is 33.5 Å². The van der Waals surface area contributed by atoms with Crippen molar-refractivity contribution in [3.8, 4) is 11.8 Å². The minimum absolute atomic E-state index is 0.495. The number of methoxy groups -OCH3 is 1. The van der Waals surface area contributed by atoms with E-state index in [1.807, 2.05) is 13.0 Å². The summed E-state index contributed by atoms with van der Waals surface area (Å²) in [4.78, 5) is 0. The lowest BCUT2D eigenvalue weighted by atomic mass is 10.1.